The molecule has 0 saturated carbocycles. The van der Waals surface area contributed by atoms with Gasteiger partial charge in [-0.3, -0.25) is 0 Å². The minimum atomic E-state index is -2.33. The Morgan fingerprint density at radius 2 is 1.14 bits per heavy atom. The molecule has 0 aliphatic rings. The van der Waals surface area contributed by atoms with E-state index < -0.39 is 20.8 Å². The zero-order valence-electron chi connectivity index (χ0n) is 15.5. The third-order valence-electron chi connectivity index (χ3n) is 0.403. The Morgan fingerprint density at radius 3 is 1.29 bits per heavy atom. The molecule has 4 N–H and O–H groups in total. The molecule has 0 fully saturated rings. The molecular weight excluding hydrogens is 274 g/mol. The monoisotopic (exact) mass is 286 g/mol. The van der Waals surface area contributed by atoms with Gasteiger partial charge in [0.05, 0.1) is 0 Å². The number of rotatable bonds is 2. The maximum atomic E-state index is 9.98. The Labute approximate surface area is 185 Å². The fraction of sp³-hybridized carbons (Fsp3) is 0. The first-order chi connectivity index (χ1) is 4.52. The molecule has 0 spiro atoms. The minimum Gasteiger partial charge on any atom is -1.00 e. The average Bonchev–Trinajstić information content (AvgIpc) is 1.58. The van der Waals surface area contributed by atoms with Gasteiger partial charge in [0, 0.05) is 0 Å². The van der Waals surface area contributed by atoms with E-state index in [0.717, 1.165) is 0 Å². The quantitative estimate of drug-likeness (QED) is 0.388. The first kappa shape index (κ1) is 30.4. The van der Waals surface area contributed by atoms with Crippen LogP contribution in [0.25, 0.3) is 0 Å². The molecule has 0 saturated heterocycles. The van der Waals surface area contributed by atoms with Crippen LogP contribution < -0.4 is 0 Å². The third kappa shape index (κ3) is 24.5. The smallest absolute Gasteiger partial charge is 1.00 e. The van der Waals surface area contributed by atoms with E-state index >= 15 is 0 Å². The molecule has 0 heterocycles. The molecule has 72 valence electrons. The van der Waals surface area contributed by atoms with Gasteiger partial charge >= 0.3 is 142 Å². The molecular formula is CH12B2Ca2Mg2O7. The summed E-state index contributed by atoms with van der Waals surface area (Å²) in [5.74, 6) is 0. The van der Waals surface area contributed by atoms with Crippen molar-refractivity contribution in [3.05, 3.63) is 0 Å². The molecule has 0 bridgehead atoms. The van der Waals surface area contributed by atoms with Crippen molar-refractivity contribution in [1.29, 1.82) is 0 Å². The zero-order valence-corrected chi connectivity index (χ0v) is 14.7. The standard InChI is InChI=1S/CH4B2O7.2Ca.2Mg.8H/c4-1(9-2(5)6)10-3(7)8;;;;;;;;;;;;/h5-8H;;;;;;;;;;;;/q;4*+2;8*-1. The molecule has 0 unspecified atom stereocenters. The molecule has 0 aromatic heterocycles. The van der Waals surface area contributed by atoms with Crippen molar-refractivity contribution >= 4 is 142 Å². The van der Waals surface area contributed by atoms with Crippen molar-refractivity contribution in [1.82, 2.24) is 0 Å². The molecule has 0 aromatic carbocycles. The van der Waals surface area contributed by atoms with E-state index in [2.05, 4.69) is 9.31 Å². The summed E-state index contributed by atoms with van der Waals surface area (Å²) in [5.41, 5.74) is 0. The molecule has 0 aliphatic heterocycles. The second kappa shape index (κ2) is 18.7. The van der Waals surface area contributed by atoms with Gasteiger partial charge in [-0.1, -0.05) is 0 Å². The fourth-order valence-corrected chi connectivity index (χ4v) is 0.200. The second-order valence-corrected chi connectivity index (χ2v) is 1.14. The van der Waals surface area contributed by atoms with Gasteiger partial charge in [-0.05, 0) is 0 Å². The molecule has 7 nitrogen and oxygen atoms in total. The van der Waals surface area contributed by atoms with Crippen molar-refractivity contribution in [3.63, 3.8) is 0 Å². The molecule has 0 atom stereocenters. The van der Waals surface area contributed by atoms with Gasteiger partial charge in [-0.25, -0.2) is 4.79 Å². The normalized spacial score (nSPS) is 6.00. The van der Waals surface area contributed by atoms with Crippen LogP contribution in [0.5, 0.6) is 0 Å². The first-order valence-electron chi connectivity index (χ1n) is 2.12. The predicted molar refractivity (Wildman–Crippen MR) is 59.9 cm³/mol. The van der Waals surface area contributed by atoms with E-state index in [0.29, 0.717) is 0 Å². The van der Waals surface area contributed by atoms with E-state index in [1.807, 2.05) is 0 Å². The Hall–Kier alpha value is 3.29. The zero-order chi connectivity index (χ0) is 8.15. The number of hydrogen-bond donors (Lipinski definition) is 4. The first-order valence-corrected chi connectivity index (χ1v) is 2.12. The van der Waals surface area contributed by atoms with Gasteiger partial charge in [-0.2, -0.15) is 0 Å². The van der Waals surface area contributed by atoms with Gasteiger partial charge in [0.15, 0.2) is 0 Å². The van der Waals surface area contributed by atoms with Gasteiger partial charge in [-0.15, -0.1) is 0 Å². The Morgan fingerprint density at radius 1 is 0.929 bits per heavy atom. The van der Waals surface area contributed by atoms with E-state index in [4.69, 9.17) is 20.1 Å². The molecule has 0 radical (unpaired) electrons. The van der Waals surface area contributed by atoms with Gasteiger partial charge < -0.3 is 40.8 Å². The summed E-state index contributed by atoms with van der Waals surface area (Å²) in [6.07, 6.45) is -1.59. The number of carbonyl (C=O) groups is 1. The van der Waals surface area contributed by atoms with Crippen LogP contribution >= 0.6 is 0 Å². The van der Waals surface area contributed by atoms with Crippen LogP contribution in [-0.2, 0) is 9.31 Å². The molecule has 13 heteroatoms. The van der Waals surface area contributed by atoms with Crippen molar-refractivity contribution in [3.8, 4) is 0 Å². The van der Waals surface area contributed by atoms with Crippen LogP contribution in [0.4, 0.5) is 4.79 Å². The van der Waals surface area contributed by atoms with Crippen LogP contribution in [0.15, 0.2) is 0 Å². The van der Waals surface area contributed by atoms with Crippen LogP contribution in [0.1, 0.15) is 11.4 Å². The van der Waals surface area contributed by atoms with E-state index in [9.17, 15) is 4.79 Å². The van der Waals surface area contributed by atoms with Gasteiger partial charge in [0.1, 0.15) is 0 Å². The summed E-state index contributed by atoms with van der Waals surface area (Å²) in [6, 6.07) is 0. The number of hydrogen-bond acceptors (Lipinski definition) is 7. The summed E-state index contributed by atoms with van der Waals surface area (Å²) in [5, 5.41) is 31.6. The molecule has 0 rings (SSSR count). The Bertz CT molecular complexity index is 135. The molecule has 14 heavy (non-hydrogen) atoms. The van der Waals surface area contributed by atoms with E-state index in [1.54, 1.807) is 0 Å². The van der Waals surface area contributed by atoms with Crippen LogP contribution in [0, 0.1) is 0 Å². The summed E-state index contributed by atoms with van der Waals surface area (Å²) in [4.78, 5) is 9.98. The average molecular weight is 286 g/mol. The van der Waals surface area contributed by atoms with Gasteiger partial charge in [0.25, 0.3) is 0 Å². The maximum absolute atomic E-state index is 9.98. The third-order valence-corrected chi connectivity index (χ3v) is 0.403. The maximum Gasteiger partial charge on any atom is 2.00 e. The SMILES string of the molecule is O=C(OB(O)O)OB(O)O.[Ca+2].[Ca+2].[H-].[H-].[H-].[H-].[H-].[H-].[H-].[H-].[Mg+2].[Mg+2]. The van der Waals surface area contributed by atoms with Crippen molar-refractivity contribution in [2.24, 2.45) is 0 Å². The summed E-state index contributed by atoms with van der Waals surface area (Å²) >= 11 is 0. The Kier molecular flexibility index (Phi) is 40.5. The minimum absolute atomic E-state index is 0. The predicted octanol–water partition coefficient (Wildman–Crippen LogP) is -3.54. The van der Waals surface area contributed by atoms with Crippen LogP contribution in [0.3, 0.4) is 0 Å². The van der Waals surface area contributed by atoms with Gasteiger partial charge in [0.2, 0.25) is 0 Å². The fourth-order valence-electron chi connectivity index (χ4n) is 0.200. The van der Waals surface area contributed by atoms with Crippen LogP contribution in [-0.4, -0.2) is 162 Å². The molecule has 0 amide bonds. The van der Waals surface area contributed by atoms with E-state index in [-0.39, 0.29) is 133 Å². The van der Waals surface area contributed by atoms with Crippen molar-refractivity contribution in [2.75, 3.05) is 0 Å². The van der Waals surface area contributed by atoms with E-state index in [1.165, 1.54) is 0 Å². The largest absolute Gasteiger partial charge is 2.00 e. The van der Waals surface area contributed by atoms with Crippen molar-refractivity contribution < 1.29 is 45.6 Å². The molecule has 0 aromatic rings. The summed E-state index contributed by atoms with van der Waals surface area (Å²) in [7, 11) is -4.66. The molecule has 0 aliphatic carbocycles. The summed E-state index contributed by atoms with van der Waals surface area (Å²) in [6.45, 7) is 0. The number of carbonyl (C=O) groups excluding carboxylic acids is 1. The van der Waals surface area contributed by atoms with Crippen molar-refractivity contribution in [2.45, 2.75) is 0 Å². The topological polar surface area (TPSA) is 116 Å². The second-order valence-electron chi connectivity index (χ2n) is 1.14. The Balaban J connectivity index is -0.00000000614. The van der Waals surface area contributed by atoms with Crippen LogP contribution in [0.2, 0.25) is 0 Å². The summed E-state index contributed by atoms with van der Waals surface area (Å²) < 4.78 is 6.98.